The van der Waals surface area contributed by atoms with E-state index in [4.69, 9.17) is 4.98 Å². The predicted octanol–water partition coefficient (Wildman–Crippen LogP) is 2.35. The number of likely N-dealkylation sites (N-methyl/N-ethyl adjacent to an activating group) is 1. The molecule has 0 atom stereocenters. The molecule has 1 aliphatic rings. The number of aryl methyl sites for hydroxylation is 1. The average Bonchev–Trinajstić information content (AvgIpc) is 2.71. The Hall–Kier alpha value is -0.650. The smallest absolute Gasteiger partial charge is 0.185 e. The Bertz CT molecular complexity index is 416. The summed E-state index contributed by atoms with van der Waals surface area (Å²) in [6.45, 7) is 12.1. The third-order valence-electron chi connectivity index (χ3n) is 3.76. The zero-order valence-corrected chi connectivity index (χ0v) is 14.1. The average molecular weight is 296 g/mol. The molecule has 0 saturated carbocycles. The summed E-state index contributed by atoms with van der Waals surface area (Å²) in [4.78, 5) is 11.2. The minimum Gasteiger partial charge on any atom is -0.347 e. The Balaban J connectivity index is 2.07. The second-order valence-corrected chi connectivity index (χ2v) is 6.96. The molecule has 114 valence electrons. The summed E-state index contributed by atoms with van der Waals surface area (Å²) in [6.07, 6.45) is 2.26. The molecular weight excluding hydrogens is 268 g/mol. The number of nitrogens with one attached hydrogen (secondary N) is 1. The minimum atomic E-state index is 0.525. The maximum atomic E-state index is 4.88. The molecule has 1 saturated heterocycles. The third-order valence-corrected chi connectivity index (χ3v) is 4.92. The van der Waals surface area contributed by atoms with Crippen LogP contribution in [0.5, 0.6) is 0 Å². The van der Waals surface area contributed by atoms with Crippen molar-refractivity contribution in [3.8, 4) is 0 Å². The molecule has 1 aromatic heterocycles. The molecule has 0 aliphatic carbocycles. The standard InChI is InChI=1S/C15H28N4S/c1-5-13-14(11-16-12(2)3)20-15(17-13)19-8-6-7-18(4)9-10-19/h12,16H,5-11H2,1-4H3. The highest BCUT2D eigenvalue weighted by molar-refractivity contribution is 7.15. The summed E-state index contributed by atoms with van der Waals surface area (Å²) < 4.78 is 0. The van der Waals surface area contributed by atoms with E-state index in [1.165, 1.54) is 28.7 Å². The van der Waals surface area contributed by atoms with Crippen molar-refractivity contribution < 1.29 is 0 Å². The summed E-state index contributed by atoms with van der Waals surface area (Å²) in [5.41, 5.74) is 1.27. The lowest BCUT2D eigenvalue weighted by atomic mass is 10.3. The normalized spacial score (nSPS) is 17.8. The summed E-state index contributed by atoms with van der Waals surface area (Å²) in [6, 6.07) is 0.525. The highest BCUT2D eigenvalue weighted by atomic mass is 32.1. The van der Waals surface area contributed by atoms with E-state index in [0.717, 1.165) is 32.6 Å². The van der Waals surface area contributed by atoms with Gasteiger partial charge in [0.1, 0.15) is 0 Å². The number of thiazole rings is 1. The van der Waals surface area contributed by atoms with Gasteiger partial charge in [-0.15, -0.1) is 11.3 Å². The molecule has 20 heavy (non-hydrogen) atoms. The van der Waals surface area contributed by atoms with Crippen LogP contribution in [0.25, 0.3) is 0 Å². The summed E-state index contributed by atoms with van der Waals surface area (Å²) in [7, 11) is 2.21. The third kappa shape index (κ3) is 4.17. The monoisotopic (exact) mass is 296 g/mol. The van der Waals surface area contributed by atoms with Crippen molar-refractivity contribution in [2.75, 3.05) is 38.1 Å². The topological polar surface area (TPSA) is 31.4 Å². The number of anilines is 1. The Morgan fingerprint density at radius 3 is 2.75 bits per heavy atom. The van der Waals surface area contributed by atoms with Crippen LogP contribution in [0.2, 0.25) is 0 Å². The van der Waals surface area contributed by atoms with Gasteiger partial charge in [-0.2, -0.15) is 0 Å². The fraction of sp³-hybridized carbons (Fsp3) is 0.800. The van der Waals surface area contributed by atoms with Gasteiger partial charge in [0.2, 0.25) is 0 Å². The van der Waals surface area contributed by atoms with E-state index < -0.39 is 0 Å². The van der Waals surface area contributed by atoms with Crippen LogP contribution in [-0.4, -0.2) is 49.2 Å². The van der Waals surface area contributed by atoms with Gasteiger partial charge in [-0.1, -0.05) is 20.8 Å². The first-order valence-electron chi connectivity index (χ1n) is 7.75. The van der Waals surface area contributed by atoms with E-state index in [9.17, 15) is 0 Å². The van der Waals surface area contributed by atoms with Gasteiger partial charge in [0.25, 0.3) is 0 Å². The zero-order chi connectivity index (χ0) is 14.5. The molecule has 5 heteroatoms. The summed E-state index contributed by atoms with van der Waals surface area (Å²) >= 11 is 1.88. The molecule has 1 aliphatic heterocycles. The molecule has 0 radical (unpaired) electrons. The van der Waals surface area contributed by atoms with E-state index in [1.54, 1.807) is 0 Å². The molecule has 4 nitrogen and oxygen atoms in total. The molecule has 2 heterocycles. The van der Waals surface area contributed by atoms with Gasteiger partial charge >= 0.3 is 0 Å². The maximum absolute atomic E-state index is 4.88. The van der Waals surface area contributed by atoms with Crippen LogP contribution < -0.4 is 10.2 Å². The first kappa shape index (κ1) is 15.7. The second kappa shape index (κ2) is 7.38. The highest BCUT2D eigenvalue weighted by Crippen LogP contribution is 2.27. The molecule has 1 aromatic rings. The molecule has 0 aromatic carbocycles. The predicted molar refractivity (Wildman–Crippen MR) is 87.8 cm³/mol. The van der Waals surface area contributed by atoms with Crippen molar-refractivity contribution in [1.29, 1.82) is 0 Å². The van der Waals surface area contributed by atoms with Crippen LogP contribution in [0.1, 0.15) is 37.8 Å². The van der Waals surface area contributed by atoms with Crippen molar-refractivity contribution in [2.45, 2.75) is 46.2 Å². The van der Waals surface area contributed by atoms with Crippen LogP contribution in [0.3, 0.4) is 0 Å². The van der Waals surface area contributed by atoms with Gasteiger partial charge in [-0.05, 0) is 26.4 Å². The lowest BCUT2D eigenvalue weighted by molar-refractivity contribution is 0.360. The van der Waals surface area contributed by atoms with Gasteiger partial charge in [0.15, 0.2) is 5.13 Å². The quantitative estimate of drug-likeness (QED) is 0.904. The first-order chi connectivity index (χ1) is 9.60. The number of nitrogens with zero attached hydrogens (tertiary/aromatic N) is 3. The van der Waals surface area contributed by atoms with Gasteiger partial charge < -0.3 is 15.1 Å². The van der Waals surface area contributed by atoms with Crippen molar-refractivity contribution in [3.05, 3.63) is 10.6 Å². The van der Waals surface area contributed by atoms with Crippen molar-refractivity contribution in [2.24, 2.45) is 0 Å². The molecule has 1 N–H and O–H groups in total. The molecule has 0 amide bonds. The zero-order valence-electron chi connectivity index (χ0n) is 13.3. The minimum absolute atomic E-state index is 0.525. The Morgan fingerprint density at radius 2 is 2.05 bits per heavy atom. The summed E-state index contributed by atoms with van der Waals surface area (Å²) in [5.74, 6) is 0. The van der Waals surface area contributed by atoms with Crippen LogP contribution in [0, 0.1) is 0 Å². The molecule has 1 fully saturated rings. The van der Waals surface area contributed by atoms with Crippen molar-refractivity contribution >= 4 is 16.5 Å². The Kier molecular flexibility index (Phi) is 5.81. The molecule has 0 spiro atoms. The van der Waals surface area contributed by atoms with Gasteiger partial charge in [0, 0.05) is 37.1 Å². The molecular formula is C15H28N4S. The van der Waals surface area contributed by atoms with E-state index >= 15 is 0 Å². The number of hydrogen-bond donors (Lipinski definition) is 1. The van der Waals surface area contributed by atoms with E-state index in [0.29, 0.717) is 6.04 Å². The number of aromatic nitrogens is 1. The van der Waals surface area contributed by atoms with Crippen LogP contribution >= 0.6 is 11.3 Å². The summed E-state index contributed by atoms with van der Waals surface area (Å²) in [5, 5.41) is 4.74. The van der Waals surface area contributed by atoms with Crippen molar-refractivity contribution in [3.63, 3.8) is 0 Å². The van der Waals surface area contributed by atoms with E-state index in [-0.39, 0.29) is 0 Å². The first-order valence-corrected chi connectivity index (χ1v) is 8.57. The largest absolute Gasteiger partial charge is 0.347 e. The van der Waals surface area contributed by atoms with Gasteiger partial charge in [-0.25, -0.2) is 4.98 Å². The SMILES string of the molecule is CCc1nc(N2CCCN(C)CC2)sc1CNC(C)C. The van der Waals surface area contributed by atoms with Gasteiger partial charge in [-0.3, -0.25) is 0 Å². The van der Waals surface area contributed by atoms with Crippen LogP contribution in [0.4, 0.5) is 5.13 Å². The lowest BCUT2D eigenvalue weighted by Gasteiger charge is -2.19. The molecule has 0 bridgehead atoms. The molecule has 0 unspecified atom stereocenters. The Morgan fingerprint density at radius 1 is 1.25 bits per heavy atom. The molecule has 2 rings (SSSR count). The fourth-order valence-corrected chi connectivity index (χ4v) is 3.61. The highest BCUT2D eigenvalue weighted by Gasteiger charge is 2.18. The number of rotatable bonds is 5. The van der Waals surface area contributed by atoms with Gasteiger partial charge in [0.05, 0.1) is 5.69 Å². The van der Waals surface area contributed by atoms with E-state index in [2.05, 4.69) is 42.9 Å². The number of hydrogen-bond acceptors (Lipinski definition) is 5. The van der Waals surface area contributed by atoms with Crippen molar-refractivity contribution in [1.82, 2.24) is 15.2 Å². The lowest BCUT2D eigenvalue weighted by Crippen LogP contribution is -2.28. The van der Waals surface area contributed by atoms with Crippen LogP contribution in [0.15, 0.2) is 0 Å². The fourth-order valence-electron chi connectivity index (χ4n) is 2.45. The van der Waals surface area contributed by atoms with Crippen LogP contribution in [-0.2, 0) is 13.0 Å². The second-order valence-electron chi connectivity index (χ2n) is 5.90. The Labute approximate surface area is 127 Å². The maximum Gasteiger partial charge on any atom is 0.185 e. The van der Waals surface area contributed by atoms with E-state index in [1.807, 2.05) is 11.3 Å².